The van der Waals surface area contributed by atoms with Crippen LogP contribution >= 0.6 is 0 Å². The van der Waals surface area contributed by atoms with Crippen molar-refractivity contribution in [3.8, 4) is 5.75 Å². The Morgan fingerprint density at radius 2 is 1.95 bits per heavy atom. The summed E-state index contributed by atoms with van der Waals surface area (Å²) >= 11 is 0. The second kappa shape index (κ2) is 6.00. The van der Waals surface area contributed by atoms with Crippen LogP contribution in [0, 0.1) is 5.82 Å². The third kappa shape index (κ3) is 2.92. The van der Waals surface area contributed by atoms with Crippen molar-refractivity contribution in [3.63, 3.8) is 0 Å². The maximum absolute atomic E-state index is 13.3. The summed E-state index contributed by atoms with van der Waals surface area (Å²) in [7, 11) is 0. The molecule has 0 N–H and O–H groups in total. The van der Waals surface area contributed by atoms with E-state index < -0.39 is 0 Å². The molecular weight excluding hydrogens is 265 g/mol. The van der Waals surface area contributed by atoms with E-state index in [0.717, 1.165) is 28.6 Å². The molecule has 0 spiro atoms. The van der Waals surface area contributed by atoms with E-state index in [1.54, 1.807) is 12.1 Å². The van der Waals surface area contributed by atoms with Crippen LogP contribution in [0.3, 0.4) is 0 Å². The van der Waals surface area contributed by atoms with Crippen LogP contribution in [0.4, 0.5) is 4.39 Å². The number of aromatic nitrogens is 1. The zero-order valence-corrected chi connectivity index (χ0v) is 12.1. The van der Waals surface area contributed by atoms with Gasteiger partial charge in [0.15, 0.2) is 0 Å². The number of hydrogen-bond acceptors (Lipinski definition) is 1. The average Bonchev–Trinajstić information content (AvgIpc) is 2.89. The van der Waals surface area contributed by atoms with E-state index in [-0.39, 0.29) is 5.82 Å². The minimum Gasteiger partial charge on any atom is -0.493 e. The highest BCUT2D eigenvalue weighted by atomic mass is 19.1. The van der Waals surface area contributed by atoms with E-state index in [9.17, 15) is 4.39 Å². The van der Waals surface area contributed by atoms with E-state index in [4.69, 9.17) is 4.74 Å². The van der Waals surface area contributed by atoms with Crippen LogP contribution in [0.5, 0.6) is 5.75 Å². The van der Waals surface area contributed by atoms with Crippen molar-refractivity contribution in [2.45, 2.75) is 19.9 Å². The minimum atomic E-state index is -0.198. The number of rotatable bonds is 5. The van der Waals surface area contributed by atoms with Gasteiger partial charge in [-0.2, -0.15) is 0 Å². The molecule has 0 amide bonds. The number of nitrogens with zero attached hydrogens (tertiary/aromatic N) is 1. The summed E-state index contributed by atoms with van der Waals surface area (Å²) in [5.74, 6) is 0.711. The van der Waals surface area contributed by atoms with Gasteiger partial charge in [-0.3, -0.25) is 0 Å². The van der Waals surface area contributed by atoms with Crippen molar-refractivity contribution in [2.75, 3.05) is 6.61 Å². The molecule has 3 aromatic rings. The van der Waals surface area contributed by atoms with Crippen LogP contribution in [0.2, 0.25) is 0 Å². The molecule has 3 heteroatoms. The molecule has 0 radical (unpaired) electrons. The van der Waals surface area contributed by atoms with E-state index in [0.29, 0.717) is 13.2 Å². The number of halogens is 1. The second-order valence-electron chi connectivity index (χ2n) is 5.11. The standard InChI is InChI=1S/C18H18FNO/c1-2-11-21-18-8-4-7-17-16(18)9-10-20(17)13-14-5-3-6-15(19)12-14/h3-10,12H,2,11,13H2,1H3. The van der Waals surface area contributed by atoms with Gasteiger partial charge in [-0.25, -0.2) is 4.39 Å². The fourth-order valence-corrected chi connectivity index (χ4v) is 2.50. The van der Waals surface area contributed by atoms with E-state index >= 15 is 0 Å². The Kier molecular flexibility index (Phi) is 3.91. The van der Waals surface area contributed by atoms with Crippen LogP contribution in [0.25, 0.3) is 10.9 Å². The lowest BCUT2D eigenvalue weighted by atomic mass is 10.2. The summed E-state index contributed by atoms with van der Waals surface area (Å²) < 4.78 is 21.2. The second-order valence-corrected chi connectivity index (χ2v) is 5.11. The van der Waals surface area contributed by atoms with Crippen molar-refractivity contribution in [1.29, 1.82) is 0 Å². The maximum Gasteiger partial charge on any atom is 0.128 e. The smallest absolute Gasteiger partial charge is 0.128 e. The molecule has 0 bridgehead atoms. The topological polar surface area (TPSA) is 14.2 Å². The predicted molar refractivity (Wildman–Crippen MR) is 83.2 cm³/mol. The average molecular weight is 283 g/mol. The van der Waals surface area contributed by atoms with Crippen LogP contribution in [0.1, 0.15) is 18.9 Å². The van der Waals surface area contributed by atoms with E-state index in [1.807, 2.05) is 24.4 Å². The quantitative estimate of drug-likeness (QED) is 0.666. The fourth-order valence-electron chi connectivity index (χ4n) is 2.50. The zero-order chi connectivity index (χ0) is 14.7. The van der Waals surface area contributed by atoms with Crippen molar-refractivity contribution in [1.82, 2.24) is 4.57 Å². The number of ether oxygens (including phenoxy) is 1. The molecular formula is C18H18FNO. The molecule has 2 aromatic carbocycles. The summed E-state index contributed by atoms with van der Waals surface area (Å²) in [5.41, 5.74) is 2.06. The van der Waals surface area contributed by atoms with Crippen LogP contribution in [0.15, 0.2) is 54.7 Å². The Morgan fingerprint density at radius 1 is 1.10 bits per heavy atom. The normalized spacial score (nSPS) is 11.0. The summed E-state index contributed by atoms with van der Waals surface area (Å²) in [6.07, 6.45) is 3.01. The molecule has 0 aliphatic heterocycles. The molecule has 0 atom stereocenters. The highest BCUT2D eigenvalue weighted by Gasteiger charge is 2.07. The molecule has 0 unspecified atom stereocenters. The van der Waals surface area contributed by atoms with Gasteiger partial charge in [0.1, 0.15) is 11.6 Å². The van der Waals surface area contributed by atoms with Gasteiger partial charge >= 0.3 is 0 Å². The molecule has 0 fully saturated rings. The highest BCUT2D eigenvalue weighted by Crippen LogP contribution is 2.27. The van der Waals surface area contributed by atoms with Gasteiger partial charge in [-0.1, -0.05) is 25.1 Å². The number of hydrogen-bond donors (Lipinski definition) is 0. The van der Waals surface area contributed by atoms with Gasteiger partial charge in [0.2, 0.25) is 0 Å². The Labute approximate surface area is 123 Å². The van der Waals surface area contributed by atoms with Crippen LogP contribution in [-0.2, 0) is 6.54 Å². The Bertz CT molecular complexity index is 748. The van der Waals surface area contributed by atoms with Gasteiger partial charge in [0.05, 0.1) is 12.1 Å². The van der Waals surface area contributed by atoms with Crippen LogP contribution < -0.4 is 4.74 Å². The molecule has 21 heavy (non-hydrogen) atoms. The molecule has 108 valence electrons. The summed E-state index contributed by atoms with van der Waals surface area (Å²) in [6, 6.07) is 14.8. The Morgan fingerprint density at radius 3 is 2.76 bits per heavy atom. The molecule has 0 saturated heterocycles. The first-order chi connectivity index (χ1) is 10.3. The summed E-state index contributed by atoms with van der Waals surface area (Å²) in [4.78, 5) is 0. The van der Waals surface area contributed by atoms with Gasteiger partial charge in [0.25, 0.3) is 0 Å². The van der Waals surface area contributed by atoms with Gasteiger partial charge in [-0.05, 0) is 42.3 Å². The third-order valence-corrected chi connectivity index (χ3v) is 3.48. The molecule has 2 nitrogen and oxygen atoms in total. The third-order valence-electron chi connectivity index (χ3n) is 3.48. The number of benzene rings is 2. The minimum absolute atomic E-state index is 0.198. The predicted octanol–water partition coefficient (Wildman–Crippen LogP) is 4.62. The van der Waals surface area contributed by atoms with E-state index in [2.05, 4.69) is 23.6 Å². The fraction of sp³-hybridized carbons (Fsp3) is 0.222. The first-order valence-electron chi connectivity index (χ1n) is 7.23. The van der Waals surface area contributed by atoms with Gasteiger partial charge < -0.3 is 9.30 Å². The zero-order valence-electron chi connectivity index (χ0n) is 12.1. The maximum atomic E-state index is 13.3. The Balaban J connectivity index is 1.93. The number of fused-ring (bicyclic) bond motifs is 1. The van der Waals surface area contributed by atoms with Crippen molar-refractivity contribution < 1.29 is 9.13 Å². The lowest BCUT2D eigenvalue weighted by Gasteiger charge is -2.08. The van der Waals surface area contributed by atoms with Gasteiger partial charge in [0, 0.05) is 18.1 Å². The Hall–Kier alpha value is -2.29. The SMILES string of the molecule is CCCOc1cccc2c1ccn2Cc1cccc(F)c1. The lowest BCUT2D eigenvalue weighted by Crippen LogP contribution is -1.99. The summed E-state index contributed by atoms with van der Waals surface area (Å²) in [6.45, 7) is 3.46. The largest absolute Gasteiger partial charge is 0.493 e. The van der Waals surface area contributed by atoms with Crippen molar-refractivity contribution in [3.05, 3.63) is 66.1 Å². The van der Waals surface area contributed by atoms with Crippen LogP contribution in [-0.4, -0.2) is 11.2 Å². The lowest BCUT2D eigenvalue weighted by molar-refractivity contribution is 0.321. The van der Waals surface area contributed by atoms with Crippen molar-refractivity contribution >= 4 is 10.9 Å². The monoisotopic (exact) mass is 283 g/mol. The highest BCUT2D eigenvalue weighted by molar-refractivity contribution is 5.86. The molecule has 0 aliphatic carbocycles. The molecule has 1 heterocycles. The van der Waals surface area contributed by atoms with E-state index in [1.165, 1.54) is 6.07 Å². The molecule has 1 aromatic heterocycles. The van der Waals surface area contributed by atoms with Crippen molar-refractivity contribution in [2.24, 2.45) is 0 Å². The van der Waals surface area contributed by atoms with Gasteiger partial charge in [-0.15, -0.1) is 0 Å². The molecule has 3 rings (SSSR count). The molecule has 0 aliphatic rings. The summed E-state index contributed by atoms with van der Waals surface area (Å²) in [5, 5.41) is 1.10. The first-order valence-corrected chi connectivity index (χ1v) is 7.23. The first kappa shape index (κ1) is 13.7. The molecule has 0 saturated carbocycles.